The number of nitrogens with one attached hydrogen (secondary N) is 2. The largest absolute Gasteiger partial charge is 0.444 e. The van der Waals surface area contributed by atoms with E-state index >= 15 is 0 Å². The van der Waals surface area contributed by atoms with Crippen molar-refractivity contribution in [1.82, 2.24) is 15.5 Å². The van der Waals surface area contributed by atoms with Crippen LogP contribution < -0.4 is 15.5 Å². The maximum absolute atomic E-state index is 12.6. The molecule has 1 aromatic rings. The Morgan fingerprint density at radius 3 is 2.57 bits per heavy atom. The number of rotatable bonds is 6. The summed E-state index contributed by atoms with van der Waals surface area (Å²) in [4.78, 5) is 28.2. The normalized spacial score (nSPS) is 14.9. The molecule has 1 aliphatic rings. The first-order chi connectivity index (χ1) is 13.3. The summed E-state index contributed by atoms with van der Waals surface area (Å²) in [5, 5.41) is 6.11. The molecule has 2 amide bonds. The Balaban J connectivity index is 1.77. The number of alkyl carbamates (subject to hydrolysis) is 1. The molecule has 7 heteroatoms. The van der Waals surface area contributed by atoms with Crippen LogP contribution in [0, 0.1) is 0 Å². The van der Waals surface area contributed by atoms with E-state index in [-0.39, 0.29) is 5.91 Å². The summed E-state index contributed by atoms with van der Waals surface area (Å²) in [6.07, 6.45) is 1.36. The van der Waals surface area contributed by atoms with Gasteiger partial charge in [0.05, 0.1) is 0 Å². The Hall–Kier alpha value is -2.28. The molecule has 1 heterocycles. The number of carbonyl (C=O) groups excluding carboxylic acids is 2. The molecule has 0 saturated carbocycles. The van der Waals surface area contributed by atoms with Crippen molar-refractivity contribution in [1.29, 1.82) is 0 Å². The van der Waals surface area contributed by atoms with Crippen molar-refractivity contribution in [2.45, 2.75) is 39.2 Å². The number of nitrogens with zero attached hydrogens (tertiary/aromatic N) is 2. The summed E-state index contributed by atoms with van der Waals surface area (Å²) in [5.74, 6) is -0.0126. The first-order valence-corrected chi connectivity index (χ1v) is 10.0. The van der Waals surface area contributed by atoms with E-state index in [0.29, 0.717) is 25.1 Å². The number of amides is 2. The standard InChI is InChI=1S/C21H34N4O3/c1-21(2,3)28-20(27)23-12-6-14-24(4)19(26)17-7-9-18(10-8-17)25-15-5-11-22-13-16-25/h7-10,22H,5-6,11-16H2,1-4H3,(H,23,27). The Bertz CT molecular complexity index is 632. The second-order valence-electron chi connectivity index (χ2n) is 8.15. The summed E-state index contributed by atoms with van der Waals surface area (Å²) in [6.45, 7) is 10.6. The highest BCUT2D eigenvalue weighted by Gasteiger charge is 2.16. The predicted octanol–water partition coefficient (Wildman–Crippen LogP) is 2.47. The van der Waals surface area contributed by atoms with E-state index in [9.17, 15) is 9.59 Å². The SMILES string of the molecule is CN(CCCNC(=O)OC(C)(C)C)C(=O)c1ccc(N2CCCNCC2)cc1. The van der Waals surface area contributed by atoms with Crippen molar-refractivity contribution >= 4 is 17.7 Å². The third kappa shape index (κ3) is 7.38. The van der Waals surface area contributed by atoms with Crippen LogP contribution in [0.3, 0.4) is 0 Å². The fourth-order valence-electron chi connectivity index (χ4n) is 3.06. The maximum Gasteiger partial charge on any atom is 0.407 e. The van der Waals surface area contributed by atoms with Gasteiger partial charge in [0.15, 0.2) is 0 Å². The van der Waals surface area contributed by atoms with Crippen molar-refractivity contribution in [2.75, 3.05) is 51.2 Å². The first-order valence-electron chi connectivity index (χ1n) is 10.0. The van der Waals surface area contributed by atoms with Crippen molar-refractivity contribution in [2.24, 2.45) is 0 Å². The van der Waals surface area contributed by atoms with Crippen LogP contribution in [0.5, 0.6) is 0 Å². The summed E-state index contributed by atoms with van der Waals surface area (Å²) in [6, 6.07) is 7.84. The van der Waals surface area contributed by atoms with E-state index in [4.69, 9.17) is 4.74 Å². The Morgan fingerprint density at radius 2 is 1.89 bits per heavy atom. The zero-order valence-electron chi connectivity index (χ0n) is 17.6. The second kappa shape index (κ2) is 10.3. The third-order valence-corrected chi connectivity index (χ3v) is 4.50. The molecule has 2 N–H and O–H groups in total. The van der Waals surface area contributed by atoms with Gasteiger partial charge in [-0.25, -0.2) is 4.79 Å². The fourth-order valence-corrected chi connectivity index (χ4v) is 3.06. The molecule has 0 spiro atoms. The van der Waals surface area contributed by atoms with Crippen LogP contribution in [0.4, 0.5) is 10.5 Å². The van der Waals surface area contributed by atoms with Crippen molar-refractivity contribution < 1.29 is 14.3 Å². The number of carbonyl (C=O) groups is 2. The number of ether oxygens (including phenoxy) is 1. The molecule has 0 aromatic heterocycles. The van der Waals surface area contributed by atoms with E-state index in [2.05, 4.69) is 15.5 Å². The van der Waals surface area contributed by atoms with Crippen LogP contribution in [0.1, 0.15) is 44.0 Å². The zero-order chi connectivity index (χ0) is 20.6. The molecule has 0 radical (unpaired) electrons. The lowest BCUT2D eigenvalue weighted by Gasteiger charge is -2.23. The molecule has 7 nitrogen and oxygen atoms in total. The molecule has 1 aromatic carbocycles. The van der Waals surface area contributed by atoms with Crippen LogP contribution in [0.2, 0.25) is 0 Å². The smallest absolute Gasteiger partial charge is 0.407 e. The highest BCUT2D eigenvalue weighted by atomic mass is 16.6. The lowest BCUT2D eigenvalue weighted by Crippen LogP contribution is -2.35. The average molecular weight is 391 g/mol. The topological polar surface area (TPSA) is 73.9 Å². The second-order valence-corrected chi connectivity index (χ2v) is 8.15. The van der Waals surface area contributed by atoms with Crippen LogP contribution in [-0.2, 0) is 4.74 Å². The quantitative estimate of drug-likeness (QED) is 0.730. The van der Waals surface area contributed by atoms with Crippen LogP contribution in [0.25, 0.3) is 0 Å². The van der Waals surface area contributed by atoms with Crippen LogP contribution >= 0.6 is 0 Å². The molecule has 2 rings (SSSR count). The number of anilines is 1. The van der Waals surface area contributed by atoms with E-state index in [1.165, 1.54) is 0 Å². The molecule has 28 heavy (non-hydrogen) atoms. The van der Waals surface area contributed by atoms with Gasteiger partial charge in [0.1, 0.15) is 5.60 Å². The minimum atomic E-state index is -0.507. The van der Waals surface area contributed by atoms with Crippen molar-refractivity contribution in [3.05, 3.63) is 29.8 Å². The molecule has 1 saturated heterocycles. The molecular weight excluding hydrogens is 356 g/mol. The number of hydrogen-bond acceptors (Lipinski definition) is 5. The lowest BCUT2D eigenvalue weighted by molar-refractivity contribution is 0.0526. The predicted molar refractivity (Wildman–Crippen MR) is 112 cm³/mol. The van der Waals surface area contributed by atoms with E-state index in [0.717, 1.165) is 38.3 Å². The fraction of sp³-hybridized carbons (Fsp3) is 0.619. The molecule has 0 atom stereocenters. The molecule has 0 aliphatic carbocycles. The summed E-state index contributed by atoms with van der Waals surface area (Å²) in [7, 11) is 1.78. The third-order valence-electron chi connectivity index (χ3n) is 4.50. The minimum absolute atomic E-state index is 0.0126. The van der Waals surface area contributed by atoms with Crippen molar-refractivity contribution in [3.8, 4) is 0 Å². The van der Waals surface area contributed by atoms with Gasteiger partial charge in [-0.1, -0.05) is 0 Å². The molecular formula is C21H34N4O3. The Labute approximate surface area is 168 Å². The molecule has 156 valence electrons. The average Bonchev–Trinajstić information content (AvgIpc) is 2.92. The van der Waals surface area contributed by atoms with Crippen LogP contribution in [0.15, 0.2) is 24.3 Å². The lowest BCUT2D eigenvalue weighted by atomic mass is 10.1. The van der Waals surface area contributed by atoms with Gasteiger partial charge in [0, 0.05) is 51.0 Å². The van der Waals surface area contributed by atoms with E-state index in [1.54, 1.807) is 11.9 Å². The molecule has 0 bridgehead atoms. The van der Waals surface area contributed by atoms with Gasteiger partial charge in [-0.2, -0.15) is 0 Å². The first kappa shape index (κ1) is 22.0. The van der Waals surface area contributed by atoms with Gasteiger partial charge in [0.2, 0.25) is 0 Å². The molecule has 1 aliphatic heterocycles. The van der Waals surface area contributed by atoms with E-state index < -0.39 is 11.7 Å². The summed E-state index contributed by atoms with van der Waals surface area (Å²) in [5.41, 5.74) is 1.33. The summed E-state index contributed by atoms with van der Waals surface area (Å²) >= 11 is 0. The Morgan fingerprint density at radius 1 is 1.18 bits per heavy atom. The highest BCUT2D eigenvalue weighted by molar-refractivity contribution is 5.94. The van der Waals surface area contributed by atoms with Gasteiger partial charge in [0.25, 0.3) is 5.91 Å². The zero-order valence-corrected chi connectivity index (χ0v) is 17.6. The highest BCUT2D eigenvalue weighted by Crippen LogP contribution is 2.17. The Kier molecular flexibility index (Phi) is 8.11. The minimum Gasteiger partial charge on any atom is -0.444 e. The van der Waals surface area contributed by atoms with E-state index in [1.807, 2.05) is 45.0 Å². The number of hydrogen-bond donors (Lipinski definition) is 2. The van der Waals surface area contributed by atoms with Crippen molar-refractivity contribution in [3.63, 3.8) is 0 Å². The molecule has 1 fully saturated rings. The van der Waals surface area contributed by atoms with Gasteiger partial charge in [-0.3, -0.25) is 4.79 Å². The molecule has 0 unspecified atom stereocenters. The number of benzene rings is 1. The maximum atomic E-state index is 12.6. The van der Waals surface area contributed by atoms with Gasteiger partial charge in [-0.05, 0) is 64.4 Å². The van der Waals surface area contributed by atoms with Gasteiger partial charge >= 0.3 is 6.09 Å². The monoisotopic (exact) mass is 390 g/mol. The van der Waals surface area contributed by atoms with Gasteiger partial charge < -0.3 is 25.2 Å². The van der Waals surface area contributed by atoms with Crippen LogP contribution in [-0.4, -0.2) is 68.8 Å². The van der Waals surface area contributed by atoms with Gasteiger partial charge in [-0.15, -0.1) is 0 Å². The summed E-state index contributed by atoms with van der Waals surface area (Å²) < 4.78 is 5.19.